The Morgan fingerprint density at radius 1 is 1.22 bits per heavy atom. The topological polar surface area (TPSA) is 41.1 Å². The molecule has 0 aliphatic rings. The van der Waals surface area contributed by atoms with Crippen molar-refractivity contribution in [3.05, 3.63) is 35.4 Å². The summed E-state index contributed by atoms with van der Waals surface area (Å²) in [7, 11) is 0. The Morgan fingerprint density at radius 3 is 2.50 bits per heavy atom. The van der Waals surface area contributed by atoms with Crippen molar-refractivity contribution in [1.82, 2.24) is 10.6 Å². The van der Waals surface area contributed by atoms with Crippen LogP contribution in [0.4, 0.5) is 0 Å². The molecule has 1 amide bonds. The first-order valence-electron chi connectivity index (χ1n) is 6.70. The number of aryl methyl sites for hydroxylation is 1. The lowest BCUT2D eigenvalue weighted by molar-refractivity contribution is -0.121. The molecule has 2 N–H and O–H groups in total. The third-order valence-electron chi connectivity index (χ3n) is 2.79. The third-order valence-corrected chi connectivity index (χ3v) is 2.79. The number of rotatable bonds is 7. The van der Waals surface area contributed by atoms with Gasteiger partial charge in [-0.2, -0.15) is 0 Å². The lowest BCUT2D eigenvalue weighted by atomic mass is 10.1. The standard InChI is InChI=1S/C15H24N2O/c1-4-13-7-5-6-8-14(13)11-16-10-9-15(18)17-12(2)3/h5-8,12,16H,4,9-11H2,1-3H3,(H,17,18). The lowest BCUT2D eigenvalue weighted by Crippen LogP contribution is -2.32. The van der Waals surface area contributed by atoms with Crippen molar-refractivity contribution in [2.24, 2.45) is 0 Å². The largest absolute Gasteiger partial charge is 0.354 e. The molecule has 0 radical (unpaired) electrons. The summed E-state index contributed by atoms with van der Waals surface area (Å²) in [4.78, 5) is 11.4. The lowest BCUT2D eigenvalue weighted by Gasteiger charge is -2.10. The molecule has 3 nitrogen and oxygen atoms in total. The average molecular weight is 248 g/mol. The van der Waals surface area contributed by atoms with E-state index >= 15 is 0 Å². The van der Waals surface area contributed by atoms with Crippen LogP contribution < -0.4 is 10.6 Å². The van der Waals surface area contributed by atoms with Crippen LogP contribution in [0.1, 0.15) is 38.3 Å². The molecule has 0 aromatic heterocycles. The highest BCUT2D eigenvalue weighted by Gasteiger charge is 2.03. The Hall–Kier alpha value is -1.35. The molecule has 100 valence electrons. The van der Waals surface area contributed by atoms with Gasteiger partial charge >= 0.3 is 0 Å². The van der Waals surface area contributed by atoms with Crippen LogP contribution in [-0.2, 0) is 17.8 Å². The average Bonchev–Trinajstić information content (AvgIpc) is 2.34. The van der Waals surface area contributed by atoms with E-state index in [2.05, 4.69) is 41.8 Å². The van der Waals surface area contributed by atoms with Gasteiger partial charge in [0.1, 0.15) is 0 Å². The zero-order chi connectivity index (χ0) is 13.4. The molecule has 0 heterocycles. The quantitative estimate of drug-likeness (QED) is 0.727. The van der Waals surface area contributed by atoms with Gasteiger partial charge in [-0.1, -0.05) is 31.2 Å². The minimum absolute atomic E-state index is 0.112. The fraction of sp³-hybridized carbons (Fsp3) is 0.533. The molecule has 18 heavy (non-hydrogen) atoms. The van der Waals surface area contributed by atoms with Crippen LogP contribution in [0.5, 0.6) is 0 Å². The second-order valence-electron chi connectivity index (χ2n) is 4.77. The first-order chi connectivity index (χ1) is 8.63. The zero-order valence-electron chi connectivity index (χ0n) is 11.6. The summed E-state index contributed by atoms with van der Waals surface area (Å²) in [5.41, 5.74) is 2.70. The number of amides is 1. The molecular weight excluding hydrogens is 224 g/mol. The Morgan fingerprint density at radius 2 is 1.89 bits per heavy atom. The van der Waals surface area contributed by atoms with Gasteiger partial charge in [-0.15, -0.1) is 0 Å². The van der Waals surface area contributed by atoms with Gasteiger partial charge in [-0.05, 0) is 31.4 Å². The molecule has 0 atom stereocenters. The maximum absolute atomic E-state index is 11.4. The number of hydrogen-bond acceptors (Lipinski definition) is 2. The van der Waals surface area contributed by atoms with Crippen LogP contribution >= 0.6 is 0 Å². The summed E-state index contributed by atoms with van der Waals surface area (Å²) in [6, 6.07) is 8.64. The zero-order valence-corrected chi connectivity index (χ0v) is 11.6. The molecule has 1 rings (SSSR count). The highest BCUT2D eigenvalue weighted by molar-refractivity contribution is 5.76. The minimum atomic E-state index is 0.112. The minimum Gasteiger partial charge on any atom is -0.354 e. The van der Waals surface area contributed by atoms with Crippen LogP contribution in [0.15, 0.2) is 24.3 Å². The molecule has 0 spiro atoms. The van der Waals surface area contributed by atoms with Gasteiger partial charge in [0, 0.05) is 25.6 Å². The van der Waals surface area contributed by atoms with Gasteiger partial charge in [0.15, 0.2) is 0 Å². The van der Waals surface area contributed by atoms with E-state index in [1.165, 1.54) is 11.1 Å². The van der Waals surface area contributed by atoms with Gasteiger partial charge < -0.3 is 10.6 Å². The van der Waals surface area contributed by atoms with Crippen molar-refractivity contribution in [2.45, 2.75) is 46.2 Å². The molecular formula is C15H24N2O. The summed E-state index contributed by atoms with van der Waals surface area (Å²) in [5, 5.41) is 6.20. The highest BCUT2D eigenvalue weighted by Crippen LogP contribution is 2.08. The van der Waals surface area contributed by atoms with E-state index < -0.39 is 0 Å². The van der Waals surface area contributed by atoms with E-state index in [1.54, 1.807) is 0 Å². The van der Waals surface area contributed by atoms with Gasteiger partial charge in [0.05, 0.1) is 0 Å². The van der Waals surface area contributed by atoms with Crippen LogP contribution in [0, 0.1) is 0 Å². The summed E-state index contributed by atoms with van der Waals surface area (Å²) in [6.07, 6.45) is 1.58. The van der Waals surface area contributed by atoms with Gasteiger partial charge in [-0.25, -0.2) is 0 Å². The van der Waals surface area contributed by atoms with Crippen molar-refractivity contribution in [2.75, 3.05) is 6.54 Å². The molecule has 0 fully saturated rings. The third kappa shape index (κ3) is 5.32. The Kier molecular flexibility index (Phi) is 6.44. The molecule has 0 aliphatic heterocycles. The first kappa shape index (κ1) is 14.7. The Labute approximate surface area is 110 Å². The van der Waals surface area contributed by atoms with Gasteiger partial charge in [0.25, 0.3) is 0 Å². The predicted molar refractivity (Wildman–Crippen MR) is 75.4 cm³/mol. The van der Waals surface area contributed by atoms with Gasteiger partial charge in [-0.3, -0.25) is 4.79 Å². The first-order valence-corrected chi connectivity index (χ1v) is 6.70. The van der Waals surface area contributed by atoms with Crippen molar-refractivity contribution in [1.29, 1.82) is 0 Å². The van der Waals surface area contributed by atoms with E-state index in [9.17, 15) is 4.79 Å². The monoisotopic (exact) mass is 248 g/mol. The molecule has 1 aromatic rings. The van der Waals surface area contributed by atoms with Crippen molar-refractivity contribution in [3.8, 4) is 0 Å². The fourth-order valence-electron chi connectivity index (χ4n) is 1.89. The number of carbonyl (C=O) groups is 1. The van der Waals surface area contributed by atoms with E-state index in [4.69, 9.17) is 0 Å². The molecule has 0 unspecified atom stereocenters. The SMILES string of the molecule is CCc1ccccc1CNCCC(=O)NC(C)C. The van der Waals surface area contributed by atoms with Gasteiger partial charge in [0.2, 0.25) is 5.91 Å². The summed E-state index contributed by atoms with van der Waals surface area (Å²) in [6.45, 7) is 7.66. The van der Waals surface area contributed by atoms with E-state index in [1.807, 2.05) is 13.8 Å². The second kappa shape index (κ2) is 7.88. The molecule has 1 aromatic carbocycles. The number of carbonyl (C=O) groups excluding carboxylic acids is 1. The molecule has 0 saturated heterocycles. The summed E-state index contributed by atoms with van der Waals surface area (Å²) in [5.74, 6) is 0.112. The maximum atomic E-state index is 11.4. The number of nitrogens with one attached hydrogen (secondary N) is 2. The van der Waals surface area contributed by atoms with E-state index in [-0.39, 0.29) is 11.9 Å². The Bertz CT molecular complexity index is 375. The molecule has 0 aliphatic carbocycles. The summed E-state index contributed by atoms with van der Waals surface area (Å²) < 4.78 is 0. The smallest absolute Gasteiger partial charge is 0.221 e. The van der Waals surface area contributed by atoms with Crippen LogP contribution in [-0.4, -0.2) is 18.5 Å². The van der Waals surface area contributed by atoms with Crippen LogP contribution in [0.2, 0.25) is 0 Å². The maximum Gasteiger partial charge on any atom is 0.221 e. The van der Waals surface area contributed by atoms with Crippen molar-refractivity contribution < 1.29 is 4.79 Å². The van der Waals surface area contributed by atoms with Crippen LogP contribution in [0.3, 0.4) is 0 Å². The highest BCUT2D eigenvalue weighted by atomic mass is 16.1. The van der Waals surface area contributed by atoms with Crippen LogP contribution in [0.25, 0.3) is 0 Å². The second-order valence-corrected chi connectivity index (χ2v) is 4.77. The normalized spacial score (nSPS) is 10.7. The molecule has 0 saturated carbocycles. The van der Waals surface area contributed by atoms with E-state index in [0.29, 0.717) is 6.42 Å². The predicted octanol–water partition coefficient (Wildman–Crippen LogP) is 2.25. The summed E-state index contributed by atoms with van der Waals surface area (Å²) >= 11 is 0. The van der Waals surface area contributed by atoms with Crippen molar-refractivity contribution in [3.63, 3.8) is 0 Å². The molecule has 0 bridgehead atoms. The van der Waals surface area contributed by atoms with Crippen molar-refractivity contribution >= 4 is 5.91 Å². The number of hydrogen-bond donors (Lipinski definition) is 2. The Balaban J connectivity index is 2.27. The fourth-order valence-corrected chi connectivity index (χ4v) is 1.89. The van der Waals surface area contributed by atoms with E-state index in [0.717, 1.165) is 19.5 Å². The number of benzene rings is 1. The molecule has 3 heteroatoms.